The van der Waals surface area contributed by atoms with Crippen molar-refractivity contribution < 1.29 is 4.79 Å². The fourth-order valence-electron chi connectivity index (χ4n) is 2.13. The van der Waals surface area contributed by atoms with Gasteiger partial charge in [0.2, 0.25) is 0 Å². The van der Waals surface area contributed by atoms with E-state index in [1.165, 1.54) is 0 Å². The van der Waals surface area contributed by atoms with Gasteiger partial charge >= 0.3 is 0 Å². The maximum Gasteiger partial charge on any atom is 0.252 e. The maximum absolute atomic E-state index is 12.1. The number of hydrogen-bond acceptors (Lipinski definition) is 3. The van der Waals surface area contributed by atoms with Crippen LogP contribution in [0, 0.1) is 17.2 Å². The summed E-state index contributed by atoms with van der Waals surface area (Å²) >= 11 is 0. The van der Waals surface area contributed by atoms with E-state index in [1.807, 2.05) is 18.2 Å². The van der Waals surface area contributed by atoms with Crippen LogP contribution in [0.15, 0.2) is 36.5 Å². The number of carbonyl (C=O) groups is 1. The van der Waals surface area contributed by atoms with Crippen molar-refractivity contribution in [2.45, 2.75) is 18.9 Å². The first-order valence-corrected chi connectivity index (χ1v) is 6.33. The highest BCUT2D eigenvalue weighted by Crippen LogP contribution is 2.32. The molecule has 1 aliphatic rings. The zero-order valence-corrected chi connectivity index (χ0v) is 10.3. The second kappa shape index (κ2) is 4.69. The van der Waals surface area contributed by atoms with Gasteiger partial charge in [-0.25, -0.2) is 0 Å². The van der Waals surface area contributed by atoms with Gasteiger partial charge in [-0.05, 0) is 43.0 Å². The van der Waals surface area contributed by atoms with Crippen molar-refractivity contribution in [1.82, 2.24) is 10.3 Å². The molecule has 1 saturated carbocycles. The topological polar surface area (TPSA) is 65.8 Å². The number of fused-ring (bicyclic) bond motifs is 1. The largest absolute Gasteiger partial charge is 0.336 e. The molecule has 1 atom stereocenters. The van der Waals surface area contributed by atoms with Gasteiger partial charge in [0, 0.05) is 17.1 Å². The Labute approximate surface area is 111 Å². The summed E-state index contributed by atoms with van der Waals surface area (Å²) in [4.78, 5) is 16.3. The molecule has 94 valence electrons. The molecule has 3 rings (SSSR count). The van der Waals surface area contributed by atoms with Crippen LogP contribution in [0.3, 0.4) is 0 Å². The van der Waals surface area contributed by atoms with Crippen LogP contribution in [-0.4, -0.2) is 16.9 Å². The molecule has 2 aromatic rings. The molecule has 0 radical (unpaired) electrons. The quantitative estimate of drug-likeness (QED) is 0.910. The Morgan fingerprint density at radius 2 is 2.26 bits per heavy atom. The van der Waals surface area contributed by atoms with Gasteiger partial charge in [0.25, 0.3) is 5.91 Å². The lowest BCUT2D eigenvalue weighted by Crippen LogP contribution is -2.35. The van der Waals surface area contributed by atoms with Crippen molar-refractivity contribution in [3.05, 3.63) is 42.1 Å². The maximum atomic E-state index is 12.1. The predicted octanol–water partition coefficient (Wildman–Crippen LogP) is 2.27. The molecule has 1 aromatic heterocycles. The number of nitriles is 1. The van der Waals surface area contributed by atoms with Gasteiger partial charge in [0.15, 0.2) is 0 Å². The van der Waals surface area contributed by atoms with Gasteiger partial charge in [-0.3, -0.25) is 9.78 Å². The fraction of sp³-hybridized carbons (Fsp3) is 0.267. The Morgan fingerprint density at radius 1 is 1.42 bits per heavy atom. The highest BCUT2D eigenvalue weighted by molar-refractivity contribution is 5.98. The van der Waals surface area contributed by atoms with Gasteiger partial charge in [0.05, 0.1) is 11.6 Å². The third-order valence-corrected chi connectivity index (χ3v) is 3.38. The Kier molecular flexibility index (Phi) is 2.88. The zero-order chi connectivity index (χ0) is 13.2. The molecule has 1 aromatic carbocycles. The number of amides is 1. The number of aromatic nitrogens is 1. The second-order valence-electron chi connectivity index (χ2n) is 4.83. The SMILES string of the molecule is N#CC(NC(=O)c1ccc2ncccc2c1)C1CC1. The highest BCUT2D eigenvalue weighted by atomic mass is 16.1. The van der Waals surface area contributed by atoms with Crippen LogP contribution >= 0.6 is 0 Å². The van der Waals surface area contributed by atoms with Gasteiger partial charge in [-0.15, -0.1) is 0 Å². The van der Waals surface area contributed by atoms with Crippen molar-refractivity contribution >= 4 is 16.8 Å². The molecule has 1 amide bonds. The highest BCUT2D eigenvalue weighted by Gasteiger charge is 2.32. The Morgan fingerprint density at radius 3 is 3.00 bits per heavy atom. The molecule has 0 bridgehead atoms. The first kappa shape index (κ1) is 11.7. The van der Waals surface area contributed by atoms with Crippen LogP contribution in [0.1, 0.15) is 23.2 Å². The van der Waals surface area contributed by atoms with Crippen LogP contribution in [0.4, 0.5) is 0 Å². The van der Waals surface area contributed by atoms with E-state index in [1.54, 1.807) is 18.3 Å². The fourth-order valence-corrected chi connectivity index (χ4v) is 2.13. The zero-order valence-electron chi connectivity index (χ0n) is 10.3. The summed E-state index contributed by atoms with van der Waals surface area (Å²) in [5, 5.41) is 12.7. The monoisotopic (exact) mass is 251 g/mol. The van der Waals surface area contributed by atoms with Crippen LogP contribution in [0.5, 0.6) is 0 Å². The molecule has 1 aliphatic carbocycles. The molecule has 19 heavy (non-hydrogen) atoms. The summed E-state index contributed by atoms with van der Waals surface area (Å²) in [6, 6.07) is 10.9. The minimum atomic E-state index is -0.364. The lowest BCUT2D eigenvalue weighted by atomic mass is 10.1. The van der Waals surface area contributed by atoms with E-state index in [9.17, 15) is 4.79 Å². The molecule has 4 nitrogen and oxygen atoms in total. The van der Waals surface area contributed by atoms with Gasteiger partial charge in [-0.1, -0.05) is 6.07 Å². The second-order valence-corrected chi connectivity index (χ2v) is 4.83. The van der Waals surface area contributed by atoms with Crippen molar-refractivity contribution in [1.29, 1.82) is 5.26 Å². The molecular weight excluding hydrogens is 238 g/mol. The van der Waals surface area contributed by atoms with Crippen LogP contribution < -0.4 is 5.32 Å². The van der Waals surface area contributed by atoms with E-state index in [0.29, 0.717) is 11.5 Å². The number of pyridine rings is 1. The normalized spacial score (nSPS) is 15.7. The van der Waals surface area contributed by atoms with Crippen molar-refractivity contribution in [3.63, 3.8) is 0 Å². The summed E-state index contributed by atoms with van der Waals surface area (Å²) in [7, 11) is 0. The van der Waals surface area contributed by atoms with E-state index in [-0.39, 0.29) is 11.9 Å². The molecule has 0 saturated heterocycles. The predicted molar refractivity (Wildman–Crippen MR) is 71.3 cm³/mol. The Hall–Kier alpha value is -2.41. The number of rotatable bonds is 3. The van der Waals surface area contributed by atoms with E-state index >= 15 is 0 Å². The molecule has 4 heteroatoms. The summed E-state index contributed by atoms with van der Waals surface area (Å²) in [6.07, 6.45) is 3.78. The summed E-state index contributed by atoms with van der Waals surface area (Å²) in [5.74, 6) is 0.139. The molecule has 1 heterocycles. The standard InChI is InChI=1S/C15H13N3O/c16-9-14(10-3-4-10)18-15(19)12-5-6-13-11(8-12)2-1-7-17-13/h1-2,5-8,10,14H,3-4H2,(H,18,19). The van der Waals surface area contributed by atoms with Crippen molar-refractivity contribution in [2.24, 2.45) is 5.92 Å². The minimum Gasteiger partial charge on any atom is -0.336 e. The van der Waals surface area contributed by atoms with E-state index in [4.69, 9.17) is 5.26 Å². The van der Waals surface area contributed by atoms with Crippen LogP contribution in [0.2, 0.25) is 0 Å². The Balaban J connectivity index is 1.83. The number of hydrogen-bond donors (Lipinski definition) is 1. The number of nitrogens with zero attached hydrogens (tertiary/aromatic N) is 2. The van der Waals surface area contributed by atoms with Crippen LogP contribution in [-0.2, 0) is 0 Å². The first-order chi connectivity index (χ1) is 9.28. The third kappa shape index (κ3) is 2.41. The minimum absolute atomic E-state index is 0.191. The molecular formula is C15H13N3O. The Bertz CT molecular complexity index is 670. The van der Waals surface area contributed by atoms with Crippen LogP contribution in [0.25, 0.3) is 10.9 Å². The average Bonchev–Trinajstić information content (AvgIpc) is 3.28. The lowest BCUT2D eigenvalue weighted by Gasteiger charge is -2.10. The molecule has 1 unspecified atom stereocenters. The van der Waals surface area contributed by atoms with Crippen molar-refractivity contribution in [2.75, 3.05) is 0 Å². The summed E-state index contributed by atoms with van der Waals surface area (Å²) in [6.45, 7) is 0. The molecule has 0 spiro atoms. The molecule has 1 fully saturated rings. The van der Waals surface area contributed by atoms with Gasteiger partial charge in [0.1, 0.15) is 6.04 Å². The van der Waals surface area contributed by atoms with E-state index in [0.717, 1.165) is 23.7 Å². The van der Waals surface area contributed by atoms with Gasteiger partial charge in [-0.2, -0.15) is 5.26 Å². The summed E-state index contributed by atoms with van der Waals surface area (Å²) < 4.78 is 0. The van der Waals surface area contributed by atoms with E-state index < -0.39 is 0 Å². The molecule has 1 N–H and O–H groups in total. The van der Waals surface area contributed by atoms with Gasteiger partial charge < -0.3 is 5.32 Å². The van der Waals surface area contributed by atoms with E-state index in [2.05, 4.69) is 16.4 Å². The lowest BCUT2D eigenvalue weighted by molar-refractivity contribution is 0.0942. The summed E-state index contributed by atoms with van der Waals surface area (Å²) in [5.41, 5.74) is 1.43. The number of carbonyl (C=O) groups excluding carboxylic acids is 1. The van der Waals surface area contributed by atoms with Crippen molar-refractivity contribution in [3.8, 4) is 6.07 Å². The third-order valence-electron chi connectivity index (χ3n) is 3.38. The average molecular weight is 251 g/mol. The number of benzene rings is 1. The molecule has 0 aliphatic heterocycles. The smallest absolute Gasteiger partial charge is 0.252 e. The first-order valence-electron chi connectivity index (χ1n) is 6.33. The number of nitrogens with one attached hydrogen (secondary N) is 1.